The van der Waals surface area contributed by atoms with E-state index in [1.165, 1.54) is 12.2 Å². The van der Waals surface area contributed by atoms with E-state index >= 15 is 0 Å². The van der Waals surface area contributed by atoms with Gasteiger partial charge in [0.05, 0.1) is 18.8 Å². The molecule has 1 unspecified atom stereocenters. The fourth-order valence-electron chi connectivity index (χ4n) is 1.78. The molecular weight excluding hydrogens is 252 g/mol. The zero-order chi connectivity index (χ0) is 14.4. The van der Waals surface area contributed by atoms with Gasteiger partial charge in [-0.2, -0.15) is 0 Å². The first-order chi connectivity index (χ1) is 8.91. The van der Waals surface area contributed by atoms with Gasteiger partial charge >= 0.3 is 11.9 Å². The number of allylic oxidation sites excluding steroid dienone is 4. The Morgan fingerprint density at radius 3 is 2.11 bits per heavy atom. The van der Waals surface area contributed by atoms with E-state index in [4.69, 9.17) is 10.2 Å². The van der Waals surface area contributed by atoms with E-state index in [-0.39, 0.29) is 42.8 Å². The number of carbonyl (C=O) groups is 4. The van der Waals surface area contributed by atoms with Gasteiger partial charge < -0.3 is 10.2 Å². The summed E-state index contributed by atoms with van der Waals surface area (Å²) in [5, 5.41) is 17.0. The summed E-state index contributed by atoms with van der Waals surface area (Å²) >= 11 is 0. The number of rotatable bonds is 8. The van der Waals surface area contributed by atoms with Crippen molar-refractivity contribution in [3.63, 3.8) is 0 Å². The van der Waals surface area contributed by atoms with Gasteiger partial charge in [-0.1, -0.05) is 18.2 Å². The molecule has 0 saturated carbocycles. The molecule has 0 amide bonds. The zero-order valence-electron chi connectivity index (χ0n) is 10.2. The standard InChI is InChI=1S/C13H14O6/c14-10(4-6-12(16)17)8-2-1-3-9(8)11(15)5-7-13(18)19/h1-3,8H,4-7H2,(H,16,17)(H,18,19). The van der Waals surface area contributed by atoms with Crippen LogP contribution in [0.3, 0.4) is 0 Å². The lowest BCUT2D eigenvalue weighted by Gasteiger charge is -2.11. The molecule has 0 saturated heterocycles. The number of hydrogen-bond acceptors (Lipinski definition) is 4. The molecule has 1 aliphatic carbocycles. The number of hydrogen-bond donors (Lipinski definition) is 2. The maximum absolute atomic E-state index is 11.8. The highest BCUT2D eigenvalue weighted by Gasteiger charge is 2.27. The highest BCUT2D eigenvalue weighted by atomic mass is 16.4. The lowest BCUT2D eigenvalue weighted by atomic mass is 9.91. The molecule has 102 valence electrons. The summed E-state index contributed by atoms with van der Waals surface area (Å²) in [5.41, 5.74) is 0.247. The quantitative estimate of drug-likeness (QED) is 0.677. The Labute approximate surface area is 109 Å². The van der Waals surface area contributed by atoms with Crippen molar-refractivity contribution in [2.75, 3.05) is 0 Å². The van der Waals surface area contributed by atoms with E-state index in [2.05, 4.69) is 0 Å². The van der Waals surface area contributed by atoms with Crippen LogP contribution in [0, 0.1) is 5.92 Å². The average molecular weight is 266 g/mol. The third-order valence-corrected chi connectivity index (χ3v) is 2.73. The molecule has 0 aliphatic heterocycles. The Kier molecular flexibility index (Phi) is 5.17. The van der Waals surface area contributed by atoms with Crippen molar-refractivity contribution in [2.24, 2.45) is 5.92 Å². The van der Waals surface area contributed by atoms with Gasteiger partial charge in [0.15, 0.2) is 5.78 Å². The van der Waals surface area contributed by atoms with Gasteiger partial charge in [0, 0.05) is 18.4 Å². The minimum Gasteiger partial charge on any atom is -0.481 e. The maximum Gasteiger partial charge on any atom is 0.303 e. The largest absolute Gasteiger partial charge is 0.481 e. The van der Waals surface area contributed by atoms with Crippen LogP contribution in [0.4, 0.5) is 0 Å². The van der Waals surface area contributed by atoms with Gasteiger partial charge in [-0.25, -0.2) is 0 Å². The van der Waals surface area contributed by atoms with Crippen LogP contribution >= 0.6 is 0 Å². The molecule has 0 bridgehead atoms. The summed E-state index contributed by atoms with van der Waals surface area (Å²) in [5.74, 6) is -3.61. The second kappa shape index (κ2) is 6.63. The van der Waals surface area contributed by atoms with Crippen molar-refractivity contribution in [1.82, 2.24) is 0 Å². The van der Waals surface area contributed by atoms with E-state index in [0.717, 1.165) is 0 Å². The first-order valence-corrected chi connectivity index (χ1v) is 5.79. The Hall–Kier alpha value is -2.24. The average Bonchev–Trinajstić information content (AvgIpc) is 2.82. The van der Waals surface area contributed by atoms with Crippen LogP contribution in [0.15, 0.2) is 23.8 Å². The molecule has 0 heterocycles. The van der Waals surface area contributed by atoms with Crippen LogP contribution in [-0.4, -0.2) is 33.7 Å². The molecule has 6 heteroatoms. The monoisotopic (exact) mass is 266 g/mol. The molecule has 1 atom stereocenters. The van der Waals surface area contributed by atoms with Gasteiger partial charge in [0.2, 0.25) is 0 Å². The zero-order valence-corrected chi connectivity index (χ0v) is 10.2. The summed E-state index contributed by atoms with van der Waals surface area (Å²) < 4.78 is 0. The first kappa shape index (κ1) is 14.8. The van der Waals surface area contributed by atoms with Gasteiger partial charge in [0.25, 0.3) is 0 Å². The topological polar surface area (TPSA) is 109 Å². The Morgan fingerprint density at radius 1 is 0.947 bits per heavy atom. The van der Waals surface area contributed by atoms with Crippen molar-refractivity contribution < 1.29 is 29.4 Å². The van der Waals surface area contributed by atoms with Crippen LogP contribution in [0.25, 0.3) is 0 Å². The number of carbonyl (C=O) groups excluding carboxylic acids is 2. The number of ketones is 2. The van der Waals surface area contributed by atoms with E-state index in [1.807, 2.05) is 0 Å². The molecule has 19 heavy (non-hydrogen) atoms. The number of aliphatic carboxylic acids is 2. The number of carboxylic acids is 2. The summed E-state index contributed by atoms with van der Waals surface area (Å²) in [6, 6.07) is 0. The van der Waals surface area contributed by atoms with Crippen molar-refractivity contribution in [1.29, 1.82) is 0 Å². The molecule has 0 aromatic carbocycles. The van der Waals surface area contributed by atoms with Gasteiger partial charge in [-0.05, 0) is 0 Å². The van der Waals surface area contributed by atoms with Crippen molar-refractivity contribution in [3.05, 3.63) is 23.8 Å². The van der Waals surface area contributed by atoms with E-state index < -0.39 is 17.9 Å². The molecule has 0 aromatic rings. The second-order valence-electron chi connectivity index (χ2n) is 4.16. The SMILES string of the molecule is O=C(O)CCC(=O)C1=CC=CC1C(=O)CCC(=O)O. The smallest absolute Gasteiger partial charge is 0.303 e. The van der Waals surface area contributed by atoms with Gasteiger partial charge in [-0.15, -0.1) is 0 Å². The minimum atomic E-state index is -1.08. The molecule has 0 fully saturated rings. The van der Waals surface area contributed by atoms with Gasteiger partial charge in [-0.3, -0.25) is 19.2 Å². The fraction of sp³-hybridized carbons (Fsp3) is 0.385. The van der Waals surface area contributed by atoms with Crippen LogP contribution in [0.5, 0.6) is 0 Å². The minimum absolute atomic E-state index is 0.145. The van der Waals surface area contributed by atoms with Crippen LogP contribution in [-0.2, 0) is 19.2 Å². The highest BCUT2D eigenvalue weighted by Crippen LogP contribution is 2.24. The van der Waals surface area contributed by atoms with Crippen LogP contribution in [0.2, 0.25) is 0 Å². The second-order valence-corrected chi connectivity index (χ2v) is 4.16. The predicted molar refractivity (Wildman–Crippen MR) is 64.5 cm³/mol. The van der Waals surface area contributed by atoms with Crippen molar-refractivity contribution >= 4 is 23.5 Å². The maximum atomic E-state index is 11.8. The third kappa shape index (κ3) is 4.50. The molecule has 1 rings (SSSR count). The third-order valence-electron chi connectivity index (χ3n) is 2.73. The normalized spacial score (nSPS) is 17.1. The lowest BCUT2D eigenvalue weighted by Crippen LogP contribution is -2.19. The molecule has 1 aliphatic rings. The molecule has 6 nitrogen and oxygen atoms in total. The molecule has 0 spiro atoms. The molecule has 0 radical (unpaired) electrons. The fourth-order valence-corrected chi connectivity index (χ4v) is 1.78. The molecule has 2 N–H and O–H groups in total. The van der Waals surface area contributed by atoms with E-state index in [1.54, 1.807) is 6.08 Å². The Bertz CT molecular complexity index is 472. The Morgan fingerprint density at radius 2 is 1.53 bits per heavy atom. The summed E-state index contributed by atoms with van der Waals surface area (Å²) in [4.78, 5) is 44.3. The lowest BCUT2D eigenvalue weighted by molar-refractivity contribution is -0.139. The van der Waals surface area contributed by atoms with Gasteiger partial charge in [0.1, 0.15) is 5.78 Å². The highest BCUT2D eigenvalue weighted by molar-refractivity contribution is 6.05. The van der Waals surface area contributed by atoms with Crippen molar-refractivity contribution in [3.8, 4) is 0 Å². The first-order valence-electron chi connectivity index (χ1n) is 5.79. The summed E-state index contributed by atoms with van der Waals surface area (Å²) in [6.07, 6.45) is 3.69. The summed E-state index contributed by atoms with van der Waals surface area (Å²) in [6.45, 7) is 0. The predicted octanol–water partition coefficient (Wildman–Crippen LogP) is 0.967. The molecule has 0 aromatic heterocycles. The van der Waals surface area contributed by atoms with E-state index in [9.17, 15) is 19.2 Å². The van der Waals surface area contributed by atoms with E-state index in [0.29, 0.717) is 0 Å². The van der Waals surface area contributed by atoms with Crippen LogP contribution in [0.1, 0.15) is 25.7 Å². The van der Waals surface area contributed by atoms with Crippen molar-refractivity contribution in [2.45, 2.75) is 25.7 Å². The summed E-state index contributed by atoms with van der Waals surface area (Å²) in [7, 11) is 0. The molecular formula is C13H14O6. The number of Topliss-reactive ketones (excluding diaryl/α,β-unsaturated/α-hetero) is 2. The Balaban J connectivity index is 2.59. The number of carboxylic acid groups (broad SMARTS) is 2. The van der Waals surface area contributed by atoms with Crippen LogP contribution < -0.4 is 0 Å².